The van der Waals surface area contributed by atoms with Gasteiger partial charge in [0.1, 0.15) is 5.82 Å². The highest BCUT2D eigenvalue weighted by molar-refractivity contribution is 5.21. The zero-order valence-electron chi connectivity index (χ0n) is 8.76. The molecule has 0 nitrogen and oxygen atoms in total. The van der Waals surface area contributed by atoms with Gasteiger partial charge in [0.05, 0.1) is 0 Å². The second kappa shape index (κ2) is 3.49. The fourth-order valence-electron chi connectivity index (χ4n) is 1.25. The lowest BCUT2D eigenvalue weighted by Gasteiger charge is -2.27. The molecule has 0 spiro atoms. The van der Waals surface area contributed by atoms with Gasteiger partial charge in [-0.25, -0.2) is 4.39 Å². The molecule has 0 bridgehead atoms. The molecule has 1 aromatic rings. The first-order valence-electron chi connectivity index (χ1n) is 4.67. The highest BCUT2D eigenvalue weighted by atomic mass is 19.1. The van der Waals surface area contributed by atoms with Crippen LogP contribution in [0.1, 0.15) is 39.2 Å². The average molecular weight is 180 g/mol. The lowest BCUT2D eigenvalue weighted by molar-refractivity contribution is 0.339. The molecule has 1 rings (SSSR count). The Morgan fingerprint density at radius 2 is 1.54 bits per heavy atom. The summed E-state index contributed by atoms with van der Waals surface area (Å²) in [6.07, 6.45) is 0. The Morgan fingerprint density at radius 3 is 1.92 bits per heavy atom. The molecule has 0 aliphatic heterocycles. The number of rotatable bonds is 1. The topological polar surface area (TPSA) is 0 Å². The maximum absolute atomic E-state index is 12.6. The van der Waals surface area contributed by atoms with Crippen molar-refractivity contribution < 1.29 is 4.39 Å². The van der Waals surface area contributed by atoms with Gasteiger partial charge in [-0.15, -0.1) is 0 Å². The van der Waals surface area contributed by atoms with Crippen molar-refractivity contribution in [1.82, 2.24) is 0 Å². The van der Waals surface area contributed by atoms with E-state index < -0.39 is 0 Å². The normalized spacial score (nSPS) is 14.2. The Kier molecular flexibility index (Phi) is 2.74. The van der Waals surface area contributed by atoms with Crippen LogP contribution in [-0.2, 0) is 0 Å². The van der Waals surface area contributed by atoms with Gasteiger partial charge in [-0.3, -0.25) is 0 Å². The van der Waals surface area contributed by atoms with Crippen molar-refractivity contribution in [2.75, 3.05) is 0 Å². The number of hydrogen-bond acceptors (Lipinski definition) is 0. The minimum Gasteiger partial charge on any atom is -0.207 e. The fourth-order valence-corrected chi connectivity index (χ4v) is 1.25. The average Bonchev–Trinajstić information content (AvgIpc) is 2.03. The predicted octanol–water partition coefficient (Wildman–Crippen LogP) is 3.98. The van der Waals surface area contributed by atoms with E-state index in [2.05, 4.69) is 27.7 Å². The van der Waals surface area contributed by atoms with Crippen LogP contribution in [0.5, 0.6) is 0 Å². The van der Waals surface area contributed by atoms with Crippen LogP contribution in [0, 0.1) is 11.2 Å². The maximum atomic E-state index is 12.6. The molecule has 1 atom stereocenters. The van der Waals surface area contributed by atoms with E-state index >= 15 is 0 Å². The first-order chi connectivity index (χ1) is 5.91. The largest absolute Gasteiger partial charge is 0.207 e. The third-order valence-electron chi connectivity index (χ3n) is 2.67. The van der Waals surface area contributed by atoms with Gasteiger partial charge in [-0.05, 0) is 29.0 Å². The van der Waals surface area contributed by atoms with E-state index in [0.717, 1.165) is 0 Å². The molecule has 72 valence electrons. The maximum Gasteiger partial charge on any atom is 0.123 e. The van der Waals surface area contributed by atoms with Crippen molar-refractivity contribution in [2.45, 2.75) is 33.6 Å². The van der Waals surface area contributed by atoms with Gasteiger partial charge in [0.15, 0.2) is 0 Å². The molecule has 1 unspecified atom stereocenters. The highest BCUT2D eigenvalue weighted by Crippen LogP contribution is 2.34. The van der Waals surface area contributed by atoms with Crippen LogP contribution < -0.4 is 0 Å². The van der Waals surface area contributed by atoms with Gasteiger partial charge >= 0.3 is 0 Å². The summed E-state index contributed by atoms with van der Waals surface area (Å²) in [5, 5.41) is 0. The first-order valence-corrected chi connectivity index (χ1v) is 4.67. The third-order valence-corrected chi connectivity index (χ3v) is 2.67. The van der Waals surface area contributed by atoms with E-state index in [-0.39, 0.29) is 11.2 Å². The van der Waals surface area contributed by atoms with Gasteiger partial charge < -0.3 is 0 Å². The van der Waals surface area contributed by atoms with Crippen LogP contribution in [0.15, 0.2) is 24.3 Å². The number of halogens is 1. The molecular weight excluding hydrogens is 163 g/mol. The summed E-state index contributed by atoms with van der Waals surface area (Å²) in [5.74, 6) is 0.290. The Labute approximate surface area is 79.8 Å². The van der Waals surface area contributed by atoms with E-state index in [1.165, 1.54) is 17.7 Å². The lowest BCUT2D eigenvalue weighted by Crippen LogP contribution is -2.15. The lowest BCUT2D eigenvalue weighted by atomic mass is 9.78. The van der Waals surface area contributed by atoms with Crippen molar-refractivity contribution in [3.05, 3.63) is 35.6 Å². The Bertz CT molecular complexity index is 266. The molecular formula is C12H17F. The Balaban J connectivity index is 2.90. The van der Waals surface area contributed by atoms with E-state index in [1.807, 2.05) is 12.1 Å². The summed E-state index contributed by atoms with van der Waals surface area (Å²) < 4.78 is 12.6. The van der Waals surface area contributed by atoms with Crippen molar-refractivity contribution >= 4 is 0 Å². The molecule has 0 fully saturated rings. The monoisotopic (exact) mass is 180 g/mol. The molecule has 0 heterocycles. The zero-order chi connectivity index (χ0) is 10.1. The third kappa shape index (κ3) is 2.55. The molecule has 1 aromatic carbocycles. The second-order valence-corrected chi connectivity index (χ2v) is 4.64. The van der Waals surface area contributed by atoms with Gasteiger partial charge in [0, 0.05) is 0 Å². The van der Waals surface area contributed by atoms with Crippen LogP contribution in [0.4, 0.5) is 4.39 Å². The number of hydrogen-bond donors (Lipinski definition) is 0. The zero-order valence-corrected chi connectivity index (χ0v) is 8.76. The Hall–Kier alpha value is -0.850. The minimum absolute atomic E-state index is 0.162. The fraction of sp³-hybridized carbons (Fsp3) is 0.500. The summed E-state index contributed by atoms with van der Waals surface area (Å²) in [5.41, 5.74) is 1.44. The van der Waals surface area contributed by atoms with Crippen LogP contribution in [-0.4, -0.2) is 0 Å². The van der Waals surface area contributed by atoms with Crippen LogP contribution >= 0.6 is 0 Å². The van der Waals surface area contributed by atoms with Gasteiger partial charge in [0.25, 0.3) is 0 Å². The molecule has 0 amide bonds. The van der Waals surface area contributed by atoms with Gasteiger partial charge in [0.2, 0.25) is 0 Å². The molecule has 0 saturated heterocycles. The summed E-state index contributed by atoms with van der Waals surface area (Å²) in [6.45, 7) is 8.76. The van der Waals surface area contributed by atoms with E-state index in [0.29, 0.717) is 5.92 Å². The number of benzene rings is 1. The molecule has 0 aliphatic rings. The predicted molar refractivity (Wildman–Crippen MR) is 54.3 cm³/mol. The molecule has 0 aromatic heterocycles. The standard InChI is InChI=1S/C12H17F/c1-9(12(2,3)4)10-5-7-11(13)8-6-10/h5-9H,1-4H3. The van der Waals surface area contributed by atoms with Crippen LogP contribution in [0.25, 0.3) is 0 Å². The SMILES string of the molecule is CC(c1ccc(F)cc1)C(C)(C)C. The first kappa shape index (κ1) is 10.2. The smallest absolute Gasteiger partial charge is 0.123 e. The van der Waals surface area contributed by atoms with Crippen molar-refractivity contribution in [1.29, 1.82) is 0 Å². The summed E-state index contributed by atoms with van der Waals surface area (Å²) in [7, 11) is 0. The second-order valence-electron chi connectivity index (χ2n) is 4.64. The van der Waals surface area contributed by atoms with E-state index in [9.17, 15) is 4.39 Å². The molecule has 0 radical (unpaired) electrons. The molecule has 0 saturated carbocycles. The van der Waals surface area contributed by atoms with Gasteiger partial charge in [-0.2, -0.15) is 0 Å². The van der Waals surface area contributed by atoms with E-state index in [1.54, 1.807) is 0 Å². The summed E-state index contributed by atoms with van der Waals surface area (Å²) >= 11 is 0. The van der Waals surface area contributed by atoms with Crippen LogP contribution in [0.3, 0.4) is 0 Å². The molecule has 13 heavy (non-hydrogen) atoms. The van der Waals surface area contributed by atoms with Crippen molar-refractivity contribution in [3.8, 4) is 0 Å². The van der Waals surface area contributed by atoms with Gasteiger partial charge in [-0.1, -0.05) is 39.8 Å². The minimum atomic E-state index is -0.162. The van der Waals surface area contributed by atoms with Crippen molar-refractivity contribution in [2.24, 2.45) is 5.41 Å². The highest BCUT2D eigenvalue weighted by Gasteiger charge is 2.21. The quantitative estimate of drug-likeness (QED) is 0.613. The van der Waals surface area contributed by atoms with Crippen molar-refractivity contribution in [3.63, 3.8) is 0 Å². The van der Waals surface area contributed by atoms with Crippen LogP contribution in [0.2, 0.25) is 0 Å². The molecule has 0 aliphatic carbocycles. The molecule has 0 N–H and O–H groups in total. The molecule has 1 heteroatoms. The Morgan fingerprint density at radius 1 is 1.08 bits per heavy atom. The van der Waals surface area contributed by atoms with E-state index in [4.69, 9.17) is 0 Å². The summed E-state index contributed by atoms with van der Waals surface area (Å²) in [6, 6.07) is 6.78. The summed E-state index contributed by atoms with van der Waals surface area (Å²) in [4.78, 5) is 0.